The van der Waals surface area contributed by atoms with Crippen molar-refractivity contribution in [2.75, 3.05) is 10.3 Å². The van der Waals surface area contributed by atoms with E-state index in [1.54, 1.807) is 6.92 Å². The first-order chi connectivity index (χ1) is 13.7. The first kappa shape index (κ1) is 19.2. The molecule has 1 fully saturated rings. The third-order valence-electron chi connectivity index (χ3n) is 5.22. The Morgan fingerprint density at radius 2 is 1.86 bits per heavy atom. The Bertz CT molecular complexity index is 992. The molecule has 5 nitrogen and oxygen atoms in total. The van der Waals surface area contributed by atoms with E-state index >= 15 is 0 Å². The van der Waals surface area contributed by atoms with Gasteiger partial charge in [0.25, 0.3) is 11.8 Å². The lowest BCUT2D eigenvalue weighted by Gasteiger charge is -2.16. The third kappa shape index (κ3) is 3.90. The monoisotopic (exact) mass is 397 g/mol. The molecule has 0 aromatic heterocycles. The summed E-state index contributed by atoms with van der Waals surface area (Å²) < 4.78 is 27.1. The lowest BCUT2D eigenvalue weighted by Crippen LogP contribution is -2.36. The molecule has 1 N–H and O–H groups in total. The highest BCUT2D eigenvalue weighted by molar-refractivity contribution is 6.28. The Balaban J connectivity index is 1.49. The molecule has 1 unspecified atom stereocenters. The fourth-order valence-corrected chi connectivity index (χ4v) is 3.44. The molecule has 1 aliphatic carbocycles. The van der Waals surface area contributed by atoms with Crippen molar-refractivity contribution in [1.82, 2.24) is 0 Å². The van der Waals surface area contributed by atoms with Gasteiger partial charge in [-0.15, -0.1) is 0 Å². The minimum atomic E-state index is -3.02. The minimum Gasteiger partial charge on any atom is -0.325 e. The zero-order valence-corrected chi connectivity index (χ0v) is 16.2. The van der Waals surface area contributed by atoms with Gasteiger partial charge in [0.05, 0.1) is 11.4 Å². The summed E-state index contributed by atoms with van der Waals surface area (Å²) in [6.45, 7) is 2.40. The maximum Gasteiger partial charge on any atom is 0.270 e. The van der Waals surface area contributed by atoms with Crippen LogP contribution in [0.2, 0.25) is 0 Å². The summed E-state index contributed by atoms with van der Waals surface area (Å²) in [6.07, 6.45) is 2.37. The van der Waals surface area contributed by atoms with Crippen LogP contribution in [-0.4, -0.2) is 17.5 Å². The fraction of sp³-hybridized carbons (Fsp3) is 0.318. The zero-order valence-electron chi connectivity index (χ0n) is 16.2. The Morgan fingerprint density at radius 1 is 1.17 bits per heavy atom. The first-order valence-electron chi connectivity index (χ1n) is 9.52. The van der Waals surface area contributed by atoms with Crippen molar-refractivity contribution < 1.29 is 18.4 Å². The Kier molecular flexibility index (Phi) is 4.68. The van der Waals surface area contributed by atoms with Gasteiger partial charge in [-0.3, -0.25) is 9.59 Å². The van der Waals surface area contributed by atoms with E-state index in [0.717, 1.165) is 6.92 Å². The van der Waals surface area contributed by atoms with Crippen molar-refractivity contribution >= 4 is 28.9 Å². The molecule has 0 saturated heterocycles. The molecule has 0 bridgehead atoms. The molecular formula is C22H21F2N3O2. The van der Waals surface area contributed by atoms with Crippen LogP contribution in [0.4, 0.5) is 20.2 Å². The first-order valence-corrected chi connectivity index (χ1v) is 9.52. The molecular weight excluding hydrogens is 376 g/mol. The molecule has 2 aliphatic rings. The molecule has 2 aromatic carbocycles. The highest BCUT2D eigenvalue weighted by atomic mass is 19.3. The van der Waals surface area contributed by atoms with Crippen molar-refractivity contribution in [2.24, 2.45) is 11.0 Å². The SMILES string of the molecule is CC1=NN(c2ccc(C3CC3)cc2)C(=O)C1C(=O)Nc1cccc(C(C)(F)F)c1. The molecule has 7 heteroatoms. The number of halogens is 2. The largest absolute Gasteiger partial charge is 0.325 e. The number of carbonyl (C=O) groups excluding carboxylic acids is 2. The summed E-state index contributed by atoms with van der Waals surface area (Å²) in [6, 6.07) is 13.1. The van der Waals surface area contributed by atoms with Crippen molar-refractivity contribution in [3.05, 3.63) is 59.7 Å². The van der Waals surface area contributed by atoms with Crippen LogP contribution in [0.1, 0.15) is 43.7 Å². The van der Waals surface area contributed by atoms with Crippen LogP contribution in [0.5, 0.6) is 0 Å². The molecule has 1 heterocycles. The van der Waals surface area contributed by atoms with Crippen molar-refractivity contribution in [2.45, 2.75) is 38.5 Å². The van der Waals surface area contributed by atoms with E-state index in [1.165, 1.54) is 47.7 Å². The van der Waals surface area contributed by atoms with Gasteiger partial charge in [0.1, 0.15) is 0 Å². The number of carbonyl (C=O) groups is 2. The highest BCUT2D eigenvalue weighted by Crippen LogP contribution is 2.40. The van der Waals surface area contributed by atoms with Gasteiger partial charge >= 0.3 is 0 Å². The van der Waals surface area contributed by atoms with Crippen molar-refractivity contribution in [3.63, 3.8) is 0 Å². The number of hydrogen-bond donors (Lipinski definition) is 1. The number of hydrazone groups is 1. The Morgan fingerprint density at radius 3 is 2.48 bits per heavy atom. The Labute approximate surface area is 167 Å². The topological polar surface area (TPSA) is 61.8 Å². The number of hydrogen-bond acceptors (Lipinski definition) is 3. The summed E-state index contributed by atoms with van der Waals surface area (Å²) in [4.78, 5) is 25.5. The maximum absolute atomic E-state index is 13.5. The summed E-state index contributed by atoms with van der Waals surface area (Å²) in [5, 5.41) is 8.04. The molecule has 1 aliphatic heterocycles. The number of benzene rings is 2. The standard InChI is InChI=1S/C22H21F2N3O2/c1-13-19(20(28)25-17-5-3-4-16(12-17)22(2,23)24)21(29)27(26-13)18-10-8-15(9-11-18)14-6-7-14/h3-5,8-12,14,19H,6-7H2,1-2H3,(H,25,28). The average molecular weight is 397 g/mol. The lowest BCUT2D eigenvalue weighted by molar-refractivity contribution is -0.127. The van der Waals surface area contributed by atoms with Crippen LogP contribution >= 0.6 is 0 Å². The predicted molar refractivity (Wildman–Crippen MR) is 107 cm³/mol. The van der Waals surface area contributed by atoms with Crippen LogP contribution in [-0.2, 0) is 15.5 Å². The molecule has 4 rings (SSSR count). The quantitative estimate of drug-likeness (QED) is 0.747. The minimum absolute atomic E-state index is 0.210. The second kappa shape index (κ2) is 7.06. The summed E-state index contributed by atoms with van der Waals surface area (Å²) >= 11 is 0. The van der Waals surface area contributed by atoms with Crippen LogP contribution < -0.4 is 10.3 Å². The van der Waals surface area contributed by atoms with Gasteiger partial charge < -0.3 is 5.32 Å². The van der Waals surface area contributed by atoms with E-state index in [0.29, 0.717) is 17.3 Å². The number of nitrogens with zero attached hydrogens (tertiary/aromatic N) is 2. The maximum atomic E-state index is 13.5. The third-order valence-corrected chi connectivity index (χ3v) is 5.22. The van der Waals surface area contributed by atoms with E-state index < -0.39 is 23.7 Å². The van der Waals surface area contributed by atoms with Gasteiger partial charge in [0.15, 0.2) is 5.92 Å². The molecule has 1 atom stereocenters. The normalized spacial score (nSPS) is 19.3. The average Bonchev–Trinajstić information content (AvgIpc) is 3.47. The van der Waals surface area contributed by atoms with Gasteiger partial charge in [0, 0.05) is 18.2 Å². The van der Waals surface area contributed by atoms with Gasteiger partial charge in [-0.05, 0) is 55.5 Å². The Hall–Kier alpha value is -3.09. The smallest absolute Gasteiger partial charge is 0.270 e. The molecule has 2 amide bonds. The number of nitrogens with one attached hydrogen (secondary N) is 1. The molecule has 0 radical (unpaired) electrons. The van der Waals surface area contributed by atoms with Crippen LogP contribution in [0.15, 0.2) is 53.6 Å². The van der Waals surface area contributed by atoms with Crippen LogP contribution in [0.25, 0.3) is 0 Å². The number of rotatable bonds is 5. The van der Waals surface area contributed by atoms with E-state index in [-0.39, 0.29) is 11.3 Å². The number of anilines is 2. The van der Waals surface area contributed by atoms with E-state index in [4.69, 9.17) is 0 Å². The summed E-state index contributed by atoms with van der Waals surface area (Å²) in [5.74, 6) is -4.57. The van der Waals surface area contributed by atoms with Gasteiger partial charge in [-0.1, -0.05) is 24.3 Å². The van der Waals surface area contributed by atoms with Crippen molar-refractivity contribution in [1.29, 1.82) is 0 Å². The molecule has 150 valence electrons. The lowest BCUT2D eigenvalue weighted by atomic mass is 10.0. The number of amides is 2. The second-order valence-electron chi connectivity index (χ2n) is 7.65. The zero-order chi connectivity index (χ0) is 20.8. The summed E-state index contributed by atoms with van der Waals surface area (Å²) in [5.41, 5.74) is 2.19. The molecule has 29 heavy (non-hydrogen) atoms. The fourth-order valence-electron chi connectivity index (χ4n) is 3.44. The van der Waals surface area contributed by atoms with Crippen molar-refractivity contribution in [3.8, 4) is 0 Å². The van der Waals surface area contributed by atoms with Gasteiger partial charge in [0.2, 0.25) is 5.91 Å². The molecule has 2 aromatic rings. The van der Waals surface area contributed by atoms with E-state index in [2.05, 4.69) is 10.4 Å². The second-order valence-corrected chi connectivity index (χ2v) is 7.65. The highest BCUT2D eigenvalue weighted by Gasteiger charge is 2.40. The number of alkyl halides is 2. The molecule has 0 spiro atoms. The van der Waals surface area contributed by atoms with Crippen LogP contribution in [0, 0.1) is 5.92 Å². The van der Waals surface area contributed by atoms with Gasteiger partial charge in [-0.25, -0.2) is 8.78 Å². The summed E-state index contributed by atoms with van der Waals surface area (Å²) in [7, 11) is 0. The van der Waals surface area contributed by atoms with E-state index in [1.807, 2.05) is 24.3 Å². The van der Waals surface area contributed by atoms with Crippen LogP contribution in [0.3, 0.4) is 0 Å². The molecule has 1 saturated carbocycles. The predicted octanol–water partition coefficient (Wildman–Crippen LogP) is 4.65. The van der Waals surface area contributed by atoms with E-state index in [9.17, 15) is 18.4 Å². The van der Waals surface area contributed by atoms with Gasteiger partial charge in [-0.2, -0.15) is 10.1 Å².